The SMILES string of the molecule is CC(C)Nc1c(-c2cc(C3CCN(C(=O)O)CC3)no2)cnc2c1[nH]c1cc(Br)ccc12. The highest BCUT2D eigenvalue weighted by Gasteiger charge is 2.27. The van der Waals surface area contributed by atoms with Crippen LogP contribution in [0.3, 0.4) is 0 Å². The number of carbonyl (C=O) groups is 1. The Balaban J connectivity index is 1.54. The quantitative estimate of drug-likeness (QED) is 0.328. The van der Waals surface area contributed by atoms with Crippen molar-refractivity contribution in [2.45, 2.75) is 38.6 Å². The van der Waals surface area contributed by atoms with E-state index in [9.17, 15) is 9.90 Å². The summed E-state index contributed by atoms with van der Waals surface area (Å²) in [6, 6.07) is 8.29. The van der Waals surface area contributed by atoms with Crippen molar-refractivity contribution >= 4 is 49.6 Å². The van der Waals surface area contributed by atoms with Crippen LogP contribution in [-0.4, -0.2) is 50.4 Å². The lowest BCUT2D eigenvalue weighted by atomic mass is 9.93. The summed E-state index contributed by atoms with van der Waals surface area (Å²) in [4.78, 5) is 20.9. The van der Waals surface area contributed by atoms with Crippen molar-refractivity contribution in [1.82, 2.24) is 20.0 Å². The van der Waals surface area contributed by atoms with E-state index >= 15 is 0 Å². The molecule has 1 aliphatic heterocycles. The van der Waals surface area contributed by atoms with Gasteiger partial charge in [-0.3, -0.25) is 4.98 Å². The number of anilines is 1. The summed E-state index contributed by atoms with van der Waals surface area (Å²) in [5.74, 6) is 0.838. The number of aromatic nitrogens is 3. The highest BCUT2D eigenvalue weighted by atomic mass is 79.9. The van der Waals surface area contributed by atoms with Gasteiger partial charge in [0, 0.05) is 52.7 Å². The molecule has 0 spiro atoms. The van der Waals surface area contributed by atoms with Crippen LogP contribution < -0.4 is 5.32 Å². The van der Waals surface area contributed by atoms with Crippen molar-refractivity contribution in [3.05, 3.63) is 40.6 Å². The average Bonchev–Trinajstić information content (AvgIpc) is 3.38. The van der Waals surface area contributed by atoms with E-state index in [4.69, 9.17) is 9.51 Å². The molecule has 1 saturated heterocycles. The zero-order chi connectivity index (χ0) is 22.4. The fraction of sp³-hybridized carbons (Fsp3) is 0.348. The number of H-pyrrole nitrogens is 1. The van der Waals surface area contributed by atoms with Crippen LogP contribution >= 0.6 is 15.9 Å². The van der Waals surface area contributed by atoms with Gasteiger partial charge in [-0.15, -0.1) is 0 Å². The largest absolute Gasteiger partial charge is 0.465 e. The highest BCUT2D eigenvalue weighted by molar-refractivity contribution is 9.10. The molecule has 0 atom stereocenters. The number of fused-ring (bicyclic) bond motifs is 3. The number of benzene rings is 1. The monoisotopic (exact) mass is 497 g/mol. The molecule has 5 rings (SSSR count). The van der Waals surface area contributed by atoms with E-state index in [1.807, 2.05) is 24.4 Å². The molecule has 0 aliphatic carbocycles. The van der Waals surface area contributed by atoms with Crippen LogP contribution in [0.5, 0.6) is 0 Å². The Labute approximate surface area is 193 Å². The normalized spacial score (nSPS) is 15.2. The third kappa shape index (κ3) is 3.70. The number of nitrogens with one attached hydrogen (secondary N) is 2. The van der Waals surface area contributed by atoms with Gasteiger partial charge in [-0.1, -0.05) is 21.1 Å². The molecule has 4 aromatic rings. The number of amides is 1. The predicted octanol–water partition coefficient (Wildman–Crippen LogP) is 5.81. The van der Waals surface area contributed by atoms with Gasteiger partial charge in [0.05, 0.1) is 28.0 Å². The first-order chi connectivity index (χ1) is 15.4. The standard InChI is InChI=1S/C23H24BrN5O3/c1-12(2)26-21-16(11-25-20-15-4-3-14(24)9-18(15)27-22(20)21)19-10-17(28-32-19)13-5-7-29(8-6-13)23(30)31/h3-4,9-13,27H,5-8H2,1-2H3,(H,25,26)(H,30,31). The summed E-state index contributed by atoms with van der Waals surface area (Å²) < 4.78 is 6.76. The van der Waals surface area contributed by atoms with Gasteiger partial charge in [-0.25, -0.2) is 4.79 Å². The second-order valence-electron chi connectivity index (χ2n) is 8.54. The molecule has 0 saturated carbocycles. The lowest BCUT2D eigenvalue weighted by Crippen LogP contribution is -2.36. The van der Waals surface area contributed by atoms with Crippen molar-refractivity contribution in [2.24, 2.45) is 0 Å². The van der Waals surface area contributed by atoms with Crippen molar-refractivity contribution in [1.29, 1.82) is 0 Å². The van der Waals surface area contributed by atoms with E-state index in [1.54, 1.807) is 0 Å². The maximum absolute atomic E-state index is 11.2. The Morgan fingerprint density at radius 3 is 2.81 bits per heavy atom. The molecule has 0 radical (unpaired) electrons. The number of piperidine rings is 1. The second kappa shape index (κ2) is 8.12. The Bertz CT molecular complexity index is 1300. The molecule has 1 fully saturated rings. The molecule has 1 aliphatic rings. The number of likely N-dealkylation sites (tertiary alicyclic amines) is 1. The summed E-state index contributed by atoms with van der Waals surface area (Å²) in [6.07, 6.45) is 2.45. The van der Waals surface area contributed by atoms with Gasteiger partial charge >= 0.3 is 6.09 Å². The average molecular weight is 498 g/mol. The Hall–Kier alpha value is -3.07. The van der Waals surface area contributed by atoms with E-state index in [0.717, 1.165) is 56.2 Å². The van der Waals surface area contributed by atoms with Crippen molar-refractivity contribution in [2.75, 3.05) is 18.4 Å². The molecule has 8 nitrogen and oxygen atoms in total. The van der Waals surface area contributed by atoms with Crippen molar-refractivity contribution in [3.8, 4) is 11.3 Å². The van der Waals surface area contributed by atoms with E-state index < -0.39 is 6.09 Å². The molecule has 3 aromatic heterocycles. The maximum atomic E-state index is 11.2. The number of carboxylic acid groups (broad SMARTS) is 1. The molecular weight excluding hydrogens is 474 g/mol. The summed E-state index contributed by atoms with van der Waals surface area (Å²) in [7, 11) is 0. The fourth-order valence-electron chi connectivity index (χ4n) is 4.40. The van der Waals surface area contributed by atoms with Gasteiger partial charge in [0.25, 0.3) is 0 Å². The number of hydrogen-bond acceptors (Lipinski definition) is 5. The number of rotatable bonds is 4. The second-order valence-corrected chi connectivity index (χ2v) is 9.46. The first-order valence-electron chi connectivity index (χ1n) is 10.7. The molecule has 9 heteroatoms. The summed E-state index contributed by atoms with van der Waals surface area (Å²) in [6.45, 7) is 5.22. The van der Waals surface area contributed by atoms with E-state index in [-0.39, 0.29) is 12.0 Å². The molecule has 166 valence electrons. The van der Waals surface area contributed by atoms with Crippen molar-refractivity contribution in [3.63, 3.8) is 0 Å². The van der Waals surface area contributed by atoms with Gasteiger partial charge in [-0.2, -0.15) is 0 Å². The van der Waals surface area contributed by atoms with Gasteiger partial charge < -0.3 is 24.8 Å². The van der Waals surface area contributed by atoms with E-state index in [0.29, 0.717) is 18.8 Å². The minimum Gasteiger partial charge on any atom is -0.465 e. The van der Waals surface area contributed by atoms with Crippen LogP contribution in [0.4, 0.5) is 10.5 Å². The topological polar surface area (TPSA) is 107 Å². The third-order valence-corrected chi connectivity index (χ3v) is 6.48. The zero-order valence-corrected chi connectivity index (χ0v) is 19.4. The minimum atomic E-state index is -0.863. The van der Waals surface area contributed by atoms with Gasteiger partial charge in [0.2, 0.25) is 0 Å². The number of halogens is 1. The number of hydrogen-bond donors (Lipinski definition) is 3. The highest BCUT2D eigenvalue weighted by Crippen LogP contribution is 2.39. The first kappa shape index (κ1) is 20.8. The van der Waals surface area contributed by atoms with E-state index in [2.05, 4.69) is 51.3 Å². The minimum absolute atomic E-state index is 0.187. The van der Waals surface area contributed by atoms with Gasteiger partial charge in [0.15, 0.2) is 5.76 Å². The molecule has 1 amide bonds. The van der Waals surface area contributed by atoms with Gasteiger partial charge in [0.1, 0.15) is 0 Å². The molecule has 0 unspecified atom stereocenters. The molecule has 32 heavy (non-hydrogen) atoms. The fourth-order valence-corrected chi connectivity index (χ4v) is 4.76. The summed E-state index contributed by atoms with van der Waals surface area (Å²) in [5, 5.41) is 18.1. The number of nitrogens with zero attached hydrogens (tertiary/aromatic N) is 3. The van der Waals surface area contributed by atoms with Gasteiger partial charge in [-0.05, 0) is 44.9 Å². The summed E-state index contributed by atoms with van der Waals surface area (Å²) in [5.41, 5.74) is 5.48. The van der Waals surface area contributed by atoms with Crippen LogP contribution in [0.2, 0.25) is 0 Å². The van der Waals surface area contributed by atoms with Crippen LogP contribution in [0, 0.1) is 0 Å². The lowest BCUT2D eigenvalue weighted by molar-refractivity contribution is 0.131. The smallest absolute Gasteiger partial charge is 0.407 e. The molecule has 1 aromatic carbocycles. The van der Waals surface area contributed by atoms with Crippen LogP contribution in [0.25, 0.3) is 33.3 Å². The summed E-state index contributed by atoms with van der Waals surface area (Å²) >= 11 is 3.54. The Morgan fingerprint density at radius 2 is 2.09 bits per heavy atom. The Kier molecular flexibility index (Phi) is 5.28. The Morgan fingerprint density at radius 1 is 1.31 bits per heavy atom. The molecule has 3 N–H and O–H groups in total. The zero-order valence-electron chi connectivity index (χ0n) is 17.9. The third-order valence-electron chi connectivity index (χ3n) is 5.99. The first-order valence-corrected chi connectivity index (χ1v) is 11.5. The maximum Gasteiger partial charge on any atom is 0.407 e. The molecule has 0 bridgehead atoms. The van der Waals surface area contributed by atoms with Crippen LogP contribution in [-0.2, 0) is 0 Å². The number of pyridine rings is 1. The molecule has 4 heterocycles. The van der Waals surface area contributed by atoms with Crippen molar-refractivity contribution < 1.29 is 14.4 Å². The van der Waals surface area contributed by atoms with Crippen LogP contribution in [0.1, 0.15) is 38.3 Å². The lowest BCUT2D eigenvalue weighted by Gasteiger charge is -2.28. The van der Waals surface area contributed by atoms with E-state index in [1.165, 1.54) is 4.90 Å². The number of aromatic amines is 1. The molecular formula is C23H24BrN5O3. The predicted molar refractivity (Wildman–Crippen MR) is 127 cm³/mol. The van der Waals surface area contributed by atoms with Crippen LogP contribution in [0.15, 0.2) is 39.5 Å².